The van der Waals surface area contributed by atoms with Crippen molar-refractivity contribution >= 4 is 23.5 Å². The number of nitrogens with one attached hydrogen (secondary N) is 1. The van der Waals surface area contributed by atoms with Crippen LogP contribution in [0.1, 0.15) is 5.56 Å². The van der Waals surface area contributed by atoms with E-state index in [0.29, 0.717) is 5.69 Å². The predicted octanol–water partition coefficient (Wildman–Crippen LogP) is -0.00920. The summed E-state index contributed by atoms with van der Waals surface area (Å²) in [5.74, 6) is -1.02. The number of benzene rings is 1. The highest BCUT2D eigenvalue weighted by Gasteiger charge is 2.34. The van der Waals surface area contributed by atoms with Crippen LogP contribution in [0.15, 0.2) is 35.5 Å². The van der Waals surface area contributed by atoms with Crippen LogP contribution in [-0.2, 0) is 25.5 Å². The van der Waals surface area contributed by atoms with Gasteiger partial charge < -0.3 is 25.0 Å². The molecule has 0 bridgehead atoms. The largest absolute Gasteiger partial charge is 0.466 e. The lowest BCUT2D eigenvalue weighted by molar-refractivity contribution is -0.136. The lowest BCUT2D eigenvalue weighted by atomic mass is 10.1. The molecular weight excluding hydrogens is 338 g/mol. The number of methoxy groups -OCH3 is 1. The van der Waals surface area contributed by atoms with Crippen molar-refractivity contribution in [1.82, 2.24) is 9.80 Å². The summed E-state index contributed by atoms with van der Waals surface area (Å²) in [5.41, 5.74) is 1.71. The van der Waals surface area contributed by atoms with E-state index in [9.17, 15) is 14.4 Å². The van der Waals surface area contributed by atoms with Crippen LogP contribution in [-0.4, -0.2) is 73.6 Å². The number of anilines is 1. The Kier molecular flexibility index (Phi) is 6.35. The van der Waals surface area contributed by atoms with Gasteiger partial charge in [0.15, 0.2) is 0 Å². The molecule has 1 aromatic carbocycles. The van der Waals surface area contributed by atoms with Crippen molar-refractivity contribution in [3.63, 3.8) is 0 Å². The average Bonchev–Trinajstić information content (AvgIpc) is 2.91. The van der Waals surface area contributed by atoms with E-state index in [1.54, 1.807) is 32.3 Å². The summed E-state index contributed by atoms with van der Waals surface area (Å²) < 4.78 is 4.75. The Balaban J connectivity index is 2.25. The van der Waals surface area contributed by atoms with Gasteiger partial charge in [-0.2, -0.15) is 0 Å². The van der Waals surface area contributed by atoms with E-state index in [1.165, 1.54) is 16.9 Å². The second-order valence-electron chi connectivity index (χ2n) is 6.09. The zero-order chi connectivity index (χ0) is 19.3. The molecular formula is C18H23N3O5. The van der Waals surface area contributed by atoms with Gasteiger partial charge in [0.25, 0.3) is 5.91 Å². The van der Waals surface area contributed by atoms with Gasteiger partial charge in [-0.3, -0.25) is 9.59 Å². The number of hydrogen-bond donors (Lipinski definition) is 2. The summed E-state index contributed by atoms with van der Waals surface area (Å²) in [6.07, 6.45) is 0.232. The van der Waals surface area contributed by atoms with Crippen LogP contribution in [0.4, 0.5) is 5.69 Å². The third-order valence-electron chi connectivity index (χ3n) is 4.00. The molecule has 1 aliphatic heterocycles. The summed E-state index contributed by atoms with van der Waals surface area (Å²) in [4.78, 5) is 39.2. The first-order valence-electron chi connectivity index (χ1n) is 8.15. The molecule has 0 spiro atoms. The van der Waals surface area contributed by atoms with Crippen LogP contribution in [0.25, 0.3) is 0 Å². The number of likely N-dealkylation sites (N-methyl/N-ethyl adjacent to an activating group) is 1. The number of nitrogens with zero attached hydrogens (tertiary/aromatic N) is 2. The molecule has 0 atom stereocenters. The number of carbonyl (C=O) groups is 3. The van der Waals surface area contributed by atoms with Crippen LogP contribution < -0.4 is 5.32 Å². The maximum atomic E-state index is 12.5. The SMILES string of the molecule is COC(=O)C1=C(Nc2cccc(CC(=O)N(C)C)c2)C(=O)N(CCO)C1. The number of ether oxygens (including phenoxy) is 1. The molecule has 0 fully saturated rings. The Morgan fingerprint density at radius 1 is 1.35 bits per heavy atom. The van der Waals surface area contributed by atoms with Gasteiger partial charge in [0.2, 0.25) is 5.91 Å². The molecule has 26 heavy (non-hydrogen) atoms. The lowest BCUT2D eigenvalue weighted by Gasteiger charge is -2.15. The Morgan fingerprint density at radius 2 is 2.08 bits per heavy atom. The molecule has 2 amide bonds. The van der Waals surface area contributed by atoms with Crippen molar-refractivity contribution in [2.45, 2.75) is 6.42 Å². The monoisotopic (exact) mass is 361 g/mol. The van der Waals surface area contributed by atoms with E-state index in [1.807, 2.05) is 6.07 Å². The minimum absolute atomic E-state index is 0.0392. The lowest BCUT2D eigenvalue weighted by Crippen LogP contribution is -2.31. The summed E-state index contributed by atoms with van der Waals surface area (Å²) in [6.45, 7) is 0.00466. The molecule has 2 N–H and O–H groups in total. The highest BCUT2D eigenvalue weighted by atomic mass is 16.5. The number of esters is 1. The third kappa shape index (κ3) is 4.40. The highest BCUT2D eigenvalue weighted by molar-refractivity contribution is 6.08. The van der Waals surface area contributed by atoms with Gasteiger partial charge in [-0.25, -0.2) is 4.79 Å². The van der Waals surface area contributed by atoms with E-state index < -0.39 is 5.97 Å². The van der Waals surface area contributed by atoms with E-state index >= 15 is 0 Å². The Morgan fingerprint density at radius 3 is 2.69 bits per heavy atom. The first-order valence-corrected chi connectivity index (χ1v) is 8.15. The summed E-state index contributed by atoms with van der Waals surface area (Å²) in [6, 6.07) is 7.08. The molecule has 0 saturated heterocycles. The smallest absolute Gasteiger partial charge is 0.337 e. The summed E-state index contributed by atoms with van der Waals surface area (Å²) in [7, 11) is 4.62. The van der Waals surface area contributed by atoms with Gasteiger partial charge in [0.1, 0.15) is 5.70 Å². The number of β-amino-alcohol motifs (C(OH)–C–C–N with tert-alkyl or cyclic N) is 1. The molecule has 0 aromatic heterocycles. The minimum atomic E-state index is -0.597. The van der Waals surface area contributed by atoms with Gasteiger partial charge in [-0.1, -0.05) is 12.1 Å². The van der Waals surface area contributed by atoms with Crippen molar-refractivity contribution in [3.05, 3.63) is 41.1 Å². The molecule has 2 rings (SSSR count). The van der Waals surface area contributed by atoms with Crippen LogP contribution in [0.5, 0.6) is 0 Å². The molecule has 8 heteroatoms. The maximum Gasteiger partial charge on any atom is 0.337 e. The van der Waals surface area contributed by atoms with Crippen molar-refractivity contribution in [3.8, 4) is 0 Å². The van der Waals surface area contributed by atoms with Crippen LogP contribution in [0, 0.1) is 0 Å². The molecule has 0 unspecified atom stereocenters. The van der Waals surface area contributed by atoms with Crippen molar-refractivity contribution in [2.24, 2.45) is 0 Å². The Bertz CT molecular complexity index is 742. The van der Waals surface area contributed by atoms with Crippen LogP contribution >= 0.6 is 0 Å². The van der Waals surface area contributed by atoms with Crippen molar-refractivity contribution in [2.75, 3.05) is 46.2 Å². The van der Waals surface area contributed by atoms with Gasteiger partial charge in [0, 0.05) is 26.3 Å². The maximum absolute atomic E-state index is 12.5. The first-order chi connectivity index (χ1) is 12.4. The number of aliphatic hydroxyl groups excluding tert-OH is 1. The fourth-order valence-electron chi connectivity index (χ4n) is 2.59. The quantitative estimate of drug-likeness (QED) is 0.663. The molecule has 0 radical (unpaired) electrons. The molecule has 0 aliphatic carbocycles. The number of amides is 2. The van der Waals surface area contributed by atoms with Gasteiger partial charge in [0.05, 0.1) is 32.3 Å². The molecule has 8 nitrogen and oxygen atoms in total. The zero-order valence-electron chi connectivity index (χ0n) is 15.1. The van der Waals surface area contributed by atoms with E-state index in [2.05, 4.69) is 5.32 Å². The fourth-order valence-corrected chi connectivity index (χ4v) is 2.59. The summed E-state index contributed by atoms with van der Waals surface area (Å²) in [5, 5.41) is 12.1. The number of hydrogen-bond acceptors (Lipinski definition) is 6. The Hall–Kier alpha value is -2.87. The van der Waals surface area contributed by atoms with Gasteiger partial charge in [-0.05, 0) is 17.7 Å². The predicted molar refractivity (Wildman–Crippen MR) is 95.2 cm³/mol. The van der Waals surface area contributed by atoms with Gasteiger partial charge >= 0.3 is 5.97 Å². The fraction of sp³-hybridized carbons (Fsp3) is 0.389. The van der Waals surface area contributed by atoms with Crippen molar-refractivity contribution < 1.29 is 24.2 Å². The van der Waals surface area contributed by atoms with E-state index in [4.69, 9.17) is 9.84 Å². The van der Waals surface area contributed by atoms with E-state index in [-0.39, 0.29) is 49.2 Å². The standard InChI is InChI=1S/C18H23N3O5/c1-20(2)15(23)10-12-5-4-6-13(9-12)19-16-14(18(25)26-3)11-21(7-8-22)17(16)24/h4-6,9,19,22H,7-8,10-11H2,1-3H3. The number of carbonyl (C=O) groups excluding carboxylic acids is 3. The molecule has 1 aromatic rings. The second-order valence-corrected chi connectivity index (χ2v) is 6.09. The van der Waals surface area contributed by atoms with Crippen LogP contribution in [0.2, 0.25) is 0 Å². The van der Waals surface area contributed by atoms with Crippen LogP contribution in [0.3, 0.4) is 0 Å². The molecule has 1 aliphatic rings. The van der Waals surface area contributed by atoms with Crippen molar-refractivity contribution in [1.29, 1.82) is 0 Å². The molecule has 1 heterocycles. The second kappa shape index (κ2) is 8.48. The average molecular weight is 361 g/mol. The number of rotatable bonds is 7. The first kappa shape index (κ1) is 19.5. The summed E-state index contributed by atoms with van der Waals surface area (Å²) >= 11 is 0. The third-order valence-corrected chi connectivity index (χ3v) is 4.00. The normalized spacial score (nSPS) is 13.8. The number of aliphatic hydroxyl groups is 1. The minimum Gasteiger partial charge on any atom is -0.466 e. The molecule has 140 valence electrons. The van der Waals surface area contributed by atoms with Gasteiger partial charge in [-0.15, -0.1) is 0 Å². The topological polar surface area (TPSA) is 99.2 Å². The highest BCUT2D eigenvalue weighted by Crippen LogP contribution is 2.23. The van der Waals surface area contributed by atoms with E-state index in [0.717, 1.165) is 5.56 Å². The Labute approximate surface area is 152 Å². The zero-order valence-corrected chi connectivity index (χ0v) is 15.1. The molecule has 0 saturated carbocycles.